The van der Waals surface area contributed by atoms with E-state index >= 15 is 0 Å². The minimum atomic E-state index is 1.10. The van der Waals surface area contributed by atoms with Gasteiger partial charge in [0, 0.05) is 19.2 Å². The first-order valence-electron chi connectivity index (χ1n) is 12.4. The third kappa shape index (κ3) is 10.1. The molecule has 0 saturated heterocycles. The van der Waals surface area contributed by atoms with E-state index < -0.39 is 0 Å². The number of rotatable bonds is 17. The summed E-state index contributed by atoms with van der Waals surface area (Å²) in [5, 5.41) is 0. The minimum absolute atomic E-state index is 1.10. The molecule has 1 heterocycles. The van der Waals surface area contributed by atoms with Crippen LogP contribution in [0, 0.1) is 0 Å². The number of aromatic nitrogens is 2. The van der Waals surface area contributed by atoms with Crippen molar-refractivity contribution in [3.05, 3.63) is 53.6 Å². The quantitative estimate of drug-likeness (QED) is 0.248. The van der Waals surface area contributed by atoms with Crippen LogP contribution in [0.25, 0.3) is 0 Å². The Labute approximate surface area is 180 Å². The maximum absolute atomic E-state index is 5.05. The zero-order valence-electron chi connectivity index (χ0n) is 19.2. The van der Waals surface area contributed by atoms with Gasteiger partial charge >= 0.3 is 0 Å². The molecule has 2 nitrogen and oxygen atoms in total. The van der Waals surface area contributed by atoms with Crippen LogP contribution in [0.1, 0.15) is 108 Å². The van der Waals surface area contributed by atoms with E-state index in [9.17, 15) is 0 Å². The Morgan fingerprint density at radius 1 is 0.655 bits per heavy atom. The molecule has 0 aliphatic rings. The van der Waals surface area contributed by atoms with Crippen LogP contribution in [0.15, 0.2) is 36.5 Å². The normalized spacial score (nSPS) is 11.2. The SMILES string of the molecule is CCCCCCCCCc1nc(CCCc2ccccc2)cn1CCCCCC. The van der Waals surface area contributed by atoms with Gasteiger partial charge in [-0.15, -0.1) is 0 Å². The van der Waals surface area contributed by atoms with Crippen LogP contribution < -0.4 is 0 Å². The molecule has 2 rings (SSSR count). The summed E-state index contributed by atoms with van der Waals surface area (Å²) in [6, 6.07) is 10.8. The predicted molar refractivity (Wildman–Crippen MR) is 127 cm³/mol. The van der Waals surface area contributed by atoms with Gasteiger partial charge in [-0.25, -0.2) is 4.98 Å². The van der Waals surface area contributed by atoms with Crippen molar-refractivity contribution in [1.29, 1.82) is 0 Å². The molecule has 1 aromatic carbocycles. The van der Waals surface area contributed by atoms with E-state index in [-0.39, 0.29) is 0 Å². The highest BCUT2D eigenvalue weighted by atomic mass is 15.1. The standard InChI is InChI=1S/C27H44N2/c1-3-5-7-9-10-11-15-22-27-28-26(24-29(27)23-16-8-6-4-2)21-17-20-25-18-13-12-14-19-25/h12-14,18-19,24H,3-11,15-17,20-23H2,1-2H3. The number of unbranched alkanes of at least 4 members (excludes halogenated alkanes) is 9. The van der Waals surface area contributed by atoms with Crippen LogP contribution in [0.4, 0.5) is 0 Å². The van der Waals surface area contributed by atoms with Gasteiger partial charge in [-0.05, 0) is 37.7 Å². The highest BCUT2D eigenvalue weighted by Gasteiger charge is 2.08. The Hall–Kier alpha value is -1.57. The molecule has 29 heavy (non-hydrogen) atoms. The first-order chi connectivity index (χ1) is 14.3. The van der Waals surface area contributed by atoms with Crippen LogP contribution in [-0.4, -0.2) is 9.55 Å². The maximum Gasteiger partial charge on any atom is 0.108 e. The van der Waals surface area contributed by atoms with Crippen LogP contribution in [0.3, 0.4) is 0 Å². The lowest BCUT2D eigenvalue weighted by Crippen LogP contribution is -2.03. The van der Waals surface area contributed by atoms with E-state index in [2.05, 4.69) is 54.9 Å². The molecule has 0 saturated carbocycles. The first kappa shape index (κ1) is 23.7. The molecule has 1 aromatic heterocycles. The van der Waals surface area contributed by atoms with E-state index in [0.717, 1.165) is 25.8 Å². The van der Waals surface area contributed by atoms with Crippen molar-refractivity contribution >= 4 is 0 Å². The van der Waals surface area contributed by atoms with Gasteiger partial charge in [-0.1, -0.05) is 102 Å². The van der Waals surface area contributed by atoms with E-state index in [1.54, 1.807) is 0 Å². The molecular weight excluding hydrogens is 352 g/mol. The third-order valence-electron chi connectivity index (χ3n) is 5.91. The summed E-state index contributed by atoms with van der Waals surface area (Å²) in [5.41, 5.74) is 2.74. The molecule has 0 spiro atoms. The number of benzene rings is 1. The molecule has 0 bridgehead atoms. The minimum Gasteiger partial charge on any atom is -0.335 e. The second-order valence-electron chi connectivity index (χ2n) is 8.61. The van der Waals surface area contributed by atoms with Crippen molar-refractivity contribution in [2.75, 3.05) is 0 Å². The second-order valence-corrected chi connectivity index (χ2v) is 8.61. The third-order valence-corrected chi connectivity index (χ3v) is 5.91. The average molecular weight is 397 g/mol. The maximum atomic E-state index is 5.05. The topological polar surface area (TPSA) is 17.8 Å². The van der Waals surface area contributed by atoms with E-state index in [0.29, 0.717) is 0 Å². The smallest absolute Gasteiger partial charge is 0.108 e. The number of aryl methyl sites for hydroxylation is 4. The summed E-state index contributed by atoms with van der Waals surface area (Å²) < 4.78 is 2.48. The fraction of sp³-hybridized carbons (Fsp3) is 0.667. The van der Waals surface area contributed by atoms with E-state index in [4.69, 9.17) is 4.98 Å². The monoisotopic (exact) mass is 396 g/mol. The predicted octanol–water partition coefficient (Wildman–Crippen LogP) is 7.93. The van der Waals surface area contributed by atoms with Crippen molar-refractivity contribution in [3.63, 3.8) is 0 Å². The molecule has 0 fully saturated rings. The van der Waals surface area contributed by atoms with E-state index in [1.807, 2.05) is 0 Å². The van der Waals surface area contributed by atoms with Gasteiger partial charge in [0.1, 0.15) is 5.82 Å². The van der Waals surface area contributed by atoms with Crippen molar-refractivity contribution in [1.82, 2.24) is 9.55 Å². The zero-order chi connectivity index (χ0) is 20.6. The molecule has 0 unspecified atom stereocenters. The Balaban J connectivity index is 1.80. The summed E-state index contributed by atoms with van der Waals surface area (Å²) in [4.78, 5) is 5.05. The molecule has 0 radical (unpaired) electrons. The molecule has 0 amide bonds. The molecular formula is C27H44N2. The lowest BCUT2D eigenvalue weighted by Gasteiger charge is -2.07. The summed E-state index contributed by atoms with van der Waals surface area (Å²) in [7, 11) is 0. The zero-order valence-corrected chi connectivity index (χ0v) is 19.2. The van der Waals surface area contributed by atoms with Crippen molar-refractivity contribution in [2.24, 2.45) is 0 Å². The molecule has 162 valence electrons. The van der Waals surface area contributed by atoms with Crippen LogP contribution in [-0.2, 0) is 25.8 Å². The Morgan fingerprint density at radius 2 is 1.31 bits per heavy atom. The van der Waals surface area contributed by atoms with Crippen LogP contribution in [0.5, 0.6) is 0 Å². The summed E-state index contributed by atoms with van der Waals surface area (Å²) in [5.74, 6) is 1.34. The number of imidazole rings is 1. The number of hydrogen-bond acceptors (Lipinski definition) is 1. The van der Waals surface area contributed by atoms with Crippen molar-refractivity contribution in [3.8, 4) is 0 Å². The Bertz CT molecular complexity index is 629. The van der Waals surface area contributed by atoms with Gasteiger partial charge in [-0.2, -0.15) is 0 Å². The highest BCUT2D eigenvalue weighted by molar-refractivity contribution is 5.15. The van der Waals surface area contributed by atoms with Gasteiger partial charge in [-0.3, -0.25) is 0 Å². The van der Waals surface area contributed by atoms with Crippen molar-refractivity contribution in [2.45, 2.75) is 117 Å². The van der Waals surface area contributed by atoms with Gasteiger partial charge in [0.25, 0.3) is 0 Å². The number of nitrogens with zero attached hydrogens (tertiary/aromatic N) is 2. The largest absolute Gasteiger partial charge is 0.335 e. The molecule has 2 heteroatoms. The Morgan fingerprint density at radius 3 is 2.03 bits per heavy atom. The van der Waals surface area contributed by atoms with Crippen molar-refractivity contribution < 1.29 is 0 Å². The first-order valence-corrected chi connectivity index (χ1v) is 12.4. The van der Waals surface area contributed by atoms with Gasteiger partial charge < -0.3 is 4.57 Å². The molecule has 0 N–H and O–H groups in total. The highest BCUT2D eigenvalue weighted by Crippen LogP contribution is 2.15. The Kier molecular flexibility index (Phi) is 12.5. The lowest BCUT2D eigenvalue weighted by atomic mass is 10.1. The molecule has 0 atom stereocenters. The van der Waals surface area contributed by atoms with E-state index in [1.165, 1.54) is 94.1 Å². The van der Waals surface area contributed by atoms with Crippen LogP contribution >= 0.6 is 0 Å². The van der Waals surface area contributed by atoms with Gasteiger partial charge in [0.15, 0.2) is 0 Å². The summed E-state index contributed by atoms with van der Waals surface area (Å²) in [6.07, 6.45) is 21.8. The fourth-order valence-electron chi connectivity index (χ4n) is 4.09. The van der Waals surface area contributed by atoms with Crippen LogP contribution in [0.2, 0.25) is 0 Å². The second kappa shape index (κ2) is 15.3. The van der Waals surface area contributed by atoms with Gasteiger partial charge in [0.05, 0.1) is 5.69 Å². The van der Waals surface area contributed by atoms with Gasteiger partial charge in [0.2, 0.25) is 0 Å². The molecule has 2 aromatic rings. The summed E-state index contributed by atoms with van der Waals surface area (Å²) in [6.45, 7) is 5.73. The average Bonchev–Trinajstić information content (AvgIpc) is 3.13. The molecule has 0 aliphatic heterocycles. The lowest BCUT2D eigenvalue weighted by molar-refractivity contribution is 0.546. The summed E-state index contributed by atoms with van der Waals surface area (Å²) >= 11 is 0. The molecule has 0 aliphatic carbocycles. The fourth-order valence-corrected chi connectivity index (χ4v) is 4.09. The number of hydrogen-bond donors (Lipinski definition) is 0.